The first kappa shape index (κ1) is 27.5. The maximum Gasteiger partial charge on any atom is 0.220 e. The molecule has 4 nitrogen and oxygen atoms in total. The van der Waals surface area contributed by atoms with E-state index in [1.54, 1.807) is 0 Å². The Kier molecular flexibility index (Phi) is 15.6. The van der Waals surface area contributed by atoms with Crippen LogP contribution in [0.3, 0.4) is 0 Å². The molecule has 1 rings (SSSR count). The van der Waals surface area contributed by atoms with E-state index < -0.39 is 0 Å². The molecular weight excluding hydrogens is 373 g/mol. The molecule has 1 aliphatic rings. The van der Waals surface area contributed by atoms with Crippen LogP contribution in [0.25, 0.3) is 0 Å². The third kappa shape index (κ3) is 12.3. The van der Waals surface area contributed by atoms with E-state index in [-0.39, 0.29) is 36.1 Å². The Morgan fingerprint density at radius 3 is 1.93 bits per heavy atom. The maximum absolute atomic E-state index is 12.2. The molecule has 0 aromatic rings. The van der Waals surface area contributed by atoms with Crippen LogP contribution in [-0.2, 0) is 14.3 Å². The van der Waals surface area contributed by atoms with Crippen LogP contribution in [0.2, 0.25) is 0 Å². The number of nitrogens with one attached hydrogen (secondary N) is 1. The molecule has 174 valence electrons. The molecule has 5 heteroatoms. The molecule has 4 atom stereocenters. The Morgan fingerprint density at radius 1 is 0.933 bits per heavy atom. The second-order valence-electron chi connectivity index (χ2n) is 9.44. The molecule has 1 aliphatic heterocycles. The molecule has 0 saturated carbocycles. The van der Waals surface area contributed by atoms with Crippen molar-refractivity contribution in [2.24, 2.45) is 5.92 Å². The largest absolute Gasteiger partial charge is 0.380 e. The number of amides is 1. The number of hydrogen-bond donors (Lipinski definition) is 1. The van der Waals surface area contributed by atoms with E-state index >= 15 is 0 Å². The van der Waals surface area contributed by atoms with E-state index in [1.807, 2.05) is 20.8 Å². The van der Waals surface area contributed by atoms with Crippen molar-refractivity contribution in [1.82, 2.24) is 5.32 Å². The summed E-state index contributed by atoms with van der Waals surface area (Å²) in [7, 11) is 6.02. The van der Waals surface area contributed by atoms with E-state index in [0.717, 1.165) is 12.8 Å². The van der Waals surface area contributed by atoms with E-state index in [1.165, 1.54) is 70.6 Å². The zero-order valence-corrected chi connectivity index (χ0v) is 20.3. The topological polar surface area (TPSA) is 47.6 Å². The Labute approximate surface area is 188 Å². The van der Waals surface area contributed by atoms with Gasteiger partial charge in [-0.05, 0) is 20.3 Å². The molecule has 0 aromatic heterocycles. The minimum atomic E-state index is -0.322. The van der Waals surface area contributed by atoms with Crippen molar-refractivity contribution in [3.63, 3.8) is 0 Å². The number of ether oxygens (including phenoxy) is 2. The zero-order chi connectivity index (χ0) is 22.2. The summed E-state index contributed by atoms with van der Waals surface area (Å²) in [6.45, 7) is 8.83. The van der Waals surface area contributed by atoms with Gasteiger partial charge in [0.2, 0.25) is 5.91 Å². The number of unbranched alkanes of at least 4 members (excludes halogenated alkanes) is 12. The van der Waals surface area contributed by atoms with Crippen LogP contribution >= 0.6 is 0 Å². The molecule has 1 N–H and O–H groups in total. The van der Waals surface area contributed by atoms with Crippen molar-refractivity contribution in [3.05, 3.63) is 0 Å². The van der Waals surface area contributed by atoms with Gasteiger partial charge in [0.1, 0.15) is 14.0 Å². The fourth-order valence-electron chi connectivity index (χ4n) is 4.22. The Bertz CT molecular complexity index is 433. The first-order valence-corrected chi connectivity index (χ1v) is 12.8. The van der Waals surface area contributed by atoms with Gasteiger partial charge in [-0.2, -0.15) is 0 Å². The van der Waals surface area contributed by atoms with E-state index in [0.29, 0.717) is 13.0 Å². The lowest BCUT2D eigenvalue weighted by atomic mass is 9.86. The molecular formula is C25H48BNO3. The van der Waals surface area contributed by atoms with Crippen LogP contribution < -0.4 is 5.32 Å². The van der Waals surface area contributed by atoms with Crippen LogP contribution in [0.5, 0.6) is 0 Å². The quantitative estimate of drug-likeness (QED) is 0.221. The van der Waals surface area contributed by atoms with Crippen LogP contribution in [-0.4, -0.2) is 44.6 Å². The third-order valence-electron chi connectivity index (χ3n) is 6.17. The predicted molar refractivity (Wildman–Crippen MR) is 127 cm³/mol. The van der Waals surface area contributed by atoms with Gasteiger partial charge in [0, 0.05) is 24.9 Å². The third-order valence-corrected chi connectivity index (χ3v) is 6.17. The molecule has 0 spiro atoms. The Morgan fingerprint density at radius 2 is 1.43 bits per heavy atom. The highest BCUT2D eigenvalue weighted by molar-refractivity contribution is 6.11. The number of carbonyl (C=O) groups is 1. The molecule has 0 bridgehead atoms. The van der Waals surface area contributed by atoms with E-state index in [9.17, 15) is 4.79 Å². The van der Waals surface area contributed by atoms with Gasteiger partial charge in [0.15, 0.2) is 0 Å². The average molecular weight is 421 g/mol. The lowest BCUT2D eigenvalue weighted by Crippen LogP contribution is -2.40. The van der Waals surface area contributed by atoms with Crippen LogP contribution in [0.15, 0.2) is 0 Å². The molecule has 1 saturated heterocycles. The van der Waals surface area contributed by atoms with Gasteiger partial charge in [-0.3, -0.25) is 4.79 Å². The van der Waals surface area contributed by atoms with Crippen LogP contribution in [0.4, 0.5) is 0 Å². The molecule has 1 unspecified atom stereocenters. The standard InChI is InChI=1S/C25H48BNO3/c1-5-6-7-8-9-10-11-12-13-14-15-16-17-18-23(28)27-19-22-24(29-20(2)3)21(4)25(26)30-22/h20-22,24-25H,5-19H2,1-4H3,(H,27,28)/t21-,22+,24?,25+/m0/s1. The summed E-state index contributed by atoms with van der Waals surface area (Å²) >= 11 is 0. The van der Waals surface area contributed by atoms with Gasteiger partial charge in [-0.1, -0.05) is 90.9 Å². The highest BCUT2D eigenvalue weighted by atomic mass is 16.6. The minimum absolute atomic E-state index is 0.0587. The van der Waals surface area contributed by atoms with Gasteiger partial charge >= 0.3 is 0 Å². The van der Waals surface area contributed by atoms with Gasteiger partial charge in [-0.15, -0.1) is 0 Å². The minimum Gasteiger partial charge on any atom is -0.380 e. The van der Waals surface area contributed by atoms with Crippen molar-refractivity contribution >= 4 is 13.8 Å². The normalized spacial score (nSPS) is 23.9. The molecule has 30 heavy (non-hydrogen) atoms. The summed E-state index contributed by atoms with van der Waals surface area (Å²) in [6.07, 6.45) is 17.6. The predicted octanol–water partition coefficient (Wildman–Crippen LogP) is 5.91. The smallest absolute Gasteiger partial charge is 0.220 e. The van der Waals surface area contributed by atoms with Crippen LogP contribution in [0, 0.1) is 5.92 Å². The van der Waals surface area contributed by atoms with E-state index in [4.69, 9.17) is 17.3 Å². The molecule has 1 fully saturated rings. The number of carbonyl (C=O) groups excluding carboxylic acids is 1. The molecule has 0 aliphatic carbocycles. The zero-order valence-electron chi connectivity index (χ0n) is 20.3. The number of rotatable bonds is 18. The van der Waals surface area contributed by atoms with Gasteiger partial charge in [-0.25, -0.2) is 0 Å². The summed E-state index contributed by atoms with van der Waals surface area (Å²) < 4.78 is 11.8. The van der Waals surface area contributed by atoms with Gasteiger partial charge in [0.25, 0.3) is 0 Å². The van der Waals surface area contributed by atoms with Crippen LogP contribution in [0.1, 0.15) is 118 Å². The molecule has 2 radical (unpaired) electrons. The van der Waals surface area contributed by atoms with Gasteiger partial charge in [0.05, 0.1) is 12.2 Å². The Hall–Kier alpha value is -0.545. The lowest BCUT2D eigenvalue weighted by Gasteiger charge is -2.24. The average Bonchev–Trinajstić information content (AvgIpc) is 2.97. The lowest BCUT2D eigenvalue weighted by molar-refractivity contribution is -0.122. The molecule has 0 aromatic carbocycles. The molecule has 1 heterocycles. The van der Waals surface area contributed by atoms with Gasteiger partial charge < -0.3 is 14.8 Å². The second-order valence-corrected chi connectivity index (χ2v) is 9.44. The summed E-state index contributed by atoms with van der Waals surface area (Å²) in [6, 6.07) is -0.322. The monoisotopic (exact) mass is 421 g/mol. The van der Waals surface area contributed by atoms with Crippen molar-refractivity contribution in [1.29, 1.82) is 0 Å². The fraction of sp³-hybridized carbons (Fsp3) is 0.960. The summed E-state index contributed by atoms with van der Waals surface area (Å²) in [5.41, 5.74) is 0. The van der Waals surface area contributed by atoms with Crippen molar-refractivity contribution in [3.8, 4) is 0 Å². The van der Waals surface area contributed by atoms with Crippen molar-refractivity contribution in [2.45, 2.75) is 142 Å². The highest BCUT2D eigenvalue weighted by Crippen LogP contribution is 2.28. The first-order valence-electron chi connectivity index (χ1n) is 12.8. The van der Waals surface area contributed by atoms with Crippen molar-refractivity contribution < 1.29 is 14.3 Å². The summed E-state index contributed by atoms with van der Waals surface area (Å²) in [5.74, 6) is 0.244. The Balaban J connectivity index is 1.97. The van der Waals surface area contributed by atoms with Crippen molar-refractivity contribution in [2.75, 3.05) is 6.54 Å². The highest BCUT2D eigenvalue weighted by Gasteiger charge is 2.40. The summed E-state index contributed by atoms with van der Waals surface area (Å²) in [4.78, 5) is 12.2. The SMILES string of the molecule is [B][C@@H]1O[C@H](CNC(=O)CCCCCCCCCCCCCCC)C(OC(C)C)[C@@H]1C. The van der Waals surface area contributed by atoms with E-state index in [2.05, 4.69) is 12.2 Å². The summed E-state index contributed by atoms with van der Waals surface area (Å²) in [5, 5.41) is 3.01. The maximum atomic E-state index is 12.2. The molecule has 1 amide bonds. The number of hydrogen-bond acceptors (Lipinski definition) is 3. The first-order chi connectivity index (χ1) is 14.5. The fourth-order valence-corrected chi connectivity index (χ4v) is 4.22. The second kappa shape index (κ2) is 17.1.